The molecule has 0 radical (unpaired) electrons. The average molecular weight is 447 g/mol. The zero-order valence-corrected chi connectivity index (χ0v) is 19.0. The molecule has 0 saturated heterocycles. The molecule has 2 aliphatic carbocycles. The van der Waals surface area contributed by atoms with E-state index in [9.17, 15) is 13.2 Å². The molecule has 160 valence electrons. The summed E-state index contributed by atoms with van der Waals surface area (Å²) in [5.41, 5.74) is 0.759. The zero-order chi connectivity index (χ0) is 21.7. The lowest BCUT2D eigenvalue weighted by atomic mass is 9.99. The second-order valence-corrected chi connectivity index (χ2v) is 11.2. The first-order valence-electron chi connectivity index (χ1n) is 9.91. The molecule has 1 atom stereocenters. The second kappa shape index (κ2) is 7.20. The molecule has 2 aromatic rings. The fraction of sp³-hybridized carbons (Fsp3) is 0.409. The number of fused-ring (bicyclic) bond motifs is 1. The Morgan fingerprint density at radius 3 is 2.63 bits per heavy atom. The van der Waals surface area contributed by atoms with Gasteiger partial charge < -0.3 is 10.1 Å². The highest BCUT2D eigenvalue weighted by molar-refractivity contribution is 7.91. The van der Waals surface area contributed by atoms with Crippen LogP contribution in [0, 0.1) is 5.41 Å². The maximum absolute atomic E-state index is 14.0. The van der Waals surface area contributed by atoms with Gasteiger partial charge in [0, 0.05) is 15.7 Å². The molecule has 0 bridgehead atoms. The van der Waals surface area contributed by atoms with Gasteiger partial charge in [-0.25, -0.2) is 12.4 Å². The van der Waals surface area contributed by atoms with Crippen LogP contribution in [-0.2, 0) is 26.1 Å². The van der Waals surface area contributed by atoms with Crippen molar-refractivity contribution in [1.82, 2.24) is 9.29 Å². The van der Waals surface area contributed by atoms with Gasteiger partial charge in [0.1, 0.15) is 5.76 Å². The van der Waals surface area contributed by atoms with Gasteiger partial charge in [-0.05, 0) is 44.4 Å². The van der Waals surface area contributed by atoms with E-state index in [1.807, 2.05) is 31.2 Å². The number of benzene rings is 1. The molecule has 0 aliphatic heterocycles. The summed E-state index contributed by atoms with van der Waals surface area (Å²) >= 11 is 4.42. The molecule has 4 rings (SSSR count). The zero-order valence-electron chi connectivity index (χ0n) is 17.3. The number of carbonyl (C=O) groups excluding carboxylic acids is 1. The van der Waals surface area contributed by atoms with Crippen molar-refractivity contribution in [3.05, 3.63) is 58.8 Å². The van der Waals surface area contributed by atoms with Crippen LogP contribution in [0.25, 0.3) is 10.9 Å². The number of nitrogens with zero attached hydrogens (tertiary/aromatic N) is 1. The van der Waals surface area contributed by atoms with Gasteiger partial charge in [0.15, 0.2) is 4.75 Å². The normalized spacial score (nSPS) is 22.9. The van der Waals surface area contributed by atoms with Crippen LogP contribution in [0.4, 0.5) is 0 Å². The molecule has 1 aromatic carbocycles. The number of carbonyl (C=O) groups is 1. The number of allylic oxidation sites excluding steroid dienone is 2. The lowest BCUT2D eigenvalue weighted by molar-refractivity contribution is -0.125. The van der Waals surface area contributed by atoms with Gasteiger partial charge in [-0.1, -0.05) is 31.2 Å². The molecule has 1 unspecified atom stereocenters. The fourth-order valence-electron chi connectivity index (χ4n) is 3.97. The van der Waals surface area contributed by atoms with Crippen molar-refractivity contribution < 1.29 is 17.9 Å². The molecule has 30 heavy (non-hydrogen) atoms. The molecule has 1 saturated carbocycles. The maximum atomic E-state index is 14.0. The van der Waals surface area contributed by atoms with Gasteiger partial charge in [-0.3, -0.25) is 4.79 Å². The van der Waals surface area contributed by atoms with E-state index in [2.05, 4.69) is 17.9 Å². The van der Waals surface area contributed by atoms with Crippen molar-refractivity contribution in [1.29, 1.82) is 0 Å². The third-order valence-electron chi connectivity index (χ3n) is 6.23. The smallest absolute Gasteiger partial charge is 0.252 e. The van der Waals surface area contributed by atoms with E-state index in [0.717, 1.165) is 18.2 Å². The third-order valence-corrected chi connectivity index (χ3v) is 8.98. The Bertz CT molecular complexity index is 1190. The predicted octanol–water partition coefficient (Wildman–Crippen LogP) is 3.74. The molecule has 2 aliphatic rings. The summed E-state index contributed by atoms with van der Waals surface area (Å²) in [4.78, 5) is 13.0. The Kier molecular flexibility index (Phi) is 5.05. The number of rotatable bonds is 6. The summed E-state index contributed by atoms with van der Waals surface area (Å²) in [5, 5.41) is 3.73. The quantitative estimate of drug-likeness (QED) is 0.663. The highest BCUT2D eigenvalue weighted by atomic mass is 32.2. The summed E-state index contributed by atoms with van der Waals surface area (Å²) in [6, 6.07) is 9.14. The molecule has 6 nitrogen and oxygen atoms in total. The molecule has 1 amide bonds. The van der Waals surface area contributed by atoms with E-state index in [4.69, 9.17) is 4.74 Å². The van der Waals surface area contributed by atoms with Crippen molar-refractivity contribution >= 4 is 39.5 Å². The van der Waals surface area contributed by atoms with E-state index in [0.29, 0.717) is 21.9 Å². The van der Waals surface area contributed by atoms with Crippen LogP contribution in [0.3, 0.4) is 0 Å². The number of ether oxygens (including phenoxy) is 1. The Balaban J connectivity index is 1.82. The van der Waals surface area contributed by atoms with Crippen molar-refractivity contribution in [3.8, 4) is 0 Å². The number of amides is 1. The largest absolute Gasteiger partial charge is 0.498 e. The van der Waals surface area contributed by atoms with E-state index in [1.165, 1.54) is 11.1 Å². The minimum atomic E-state index is -3.96. The molecule has 8 heteroatoms. The van der Waals surface area contributed by atoms with Crippen LogP contribution in [0.1, 0.15) is 38.8 Å². The van der Waals surface area contributed by atoms with Crippen LogP contribution >= 0.6 is 12.6 Å². The fourth-order valence-corrected chi connectivity index (χ4v) is 6.48. The third kappa shape index (κ3) is 3.17. The monoisotopic (exact) mass is 446 g/mol. The molecular formula is C22H26N2O4S2. The first-order chi connectivity index (χ1) is 14.1. The Morgan fingerprint density at radius 1 is 1.27 bits per heavy atom. The molecule has 1 heterocycles. The van der Waals surface area contributed by atoms with Crippen molar-refractivity contribution in [2.24, 2.45) is 5.41 Å². The molecule has 0 spiro atoms. The van der Waals surface area contributed by atoms with E-state index in [-0.39, 0.29) is 24.3 Å². The number of aromatic nitrogens is 1. The Morgan fingerprint density at radius 2 is 1.97 bits per heavy atom. The Hall–Kier alpha value is -2.19. The SMILES string of the molecule is COC1=C(S)C=CCC1(C)S(=O)(=O)n1c(CNC(=O)C2(C)CC2)cc2ccccc21. The summed E-state index contributed by atoms with van der Waals surface area (Å²) in [5.74, 6) is 0.269. The van der Waals surface area contributed by atoms with E-state index >= 15 is 0 Å². The lowest BCUT2D eigenvalue weighted by Gasteiger charge is -2.34. The summed E-state index contributed by atoms with van der Waals surface area (Å²) in [6.45, 7) is 3.71. The van der Waals surface area contributed by atoms with Gasteiger partial charge in [0.2, 0.25) is 5.91 Å². The predicted molar refractivity (Wildman–Crippen MR) is 121 cm³/mol. The van der Waals surface area contributed by atoms with Gasteiger partial charge in [0.25, 0.3) is 10.0 Å². The van der Waals surface area contributed by atoms with Gasteiger partial charge in [0.05, 0.1) is 24.9 Å². The van der Waals surface area contributed by atoms with E-state index < -0.39 is 14.8 Å². The van der Waals surface area contributed by atoms with Crippen molar-refractivity contribution in [2.75, 3.05) is 7.11 Å². The average Bonchev–Trinajstić information content (AvgIpc) is 3.34. The number of methoxy groups -OCH3 is 1. The number of hydrogen-bond donors (Lipinski definition) is 2. The Labute approximate surface area is 182 Å². The highest BCUT2D eigenvalue weighted by Gasteiger charge is 2.48. The number of hydrogen-bond acceptors (Lipinski definition) is 5. The molecule has 1 N–H and O–H groups in total. The van der Waals surface area contributed by atoms with Crippen LogP contribution in [0.2, 0.25) is 0 Å². The summed E-state index contributed by atoms with van der Waals surface area (Å²) in [7, 11) is -2.49. The van der Waals surface area contributed by atoms with Crippen LogP contribution in [0.15, 0.2) is 53.1 Å². The second-order valence-electron chi connectivity index (χ2n) is 8.46. The first kappa shape index (κ1) is 21.1. The minimum Gasteiger partial charge on any atom is -0.498 e. The van der Waals surface area contributed by atoms with E-state index in [1.54, 1.807) is 25.1 Å². The summed E-state index contributed by atoms with van der Waals surface area (Å²) in [6.07, 6.45) is 5.53. The number of nitrogens with one attached hydrogen (secondary N) is 1. The number of thiol groups is 1. The van der Waals surface area contributed by atoms with Gasteiger partial charge >= 0.3 is 0 Å². The first-order valence-corrected chi connectivity index (χ1v) is 11.8. The van der Waals surface area contributed by atoms with Crippen molar-refractivity contribution in [3.63, 3.8) is 0 Å². The summed E-state index contributed by atoms with van der Waals surface area (Å²) < 4.78 is 33.6. The number of para-hydroxylation sites is 1. The molecule has 1 fully saturated rings. The van der Waals surface area contributed by atoms with Crippen LogP contribution in [0.5, 0.6) is 0 Å². The lowest BCUT2D eigenvalue weighted by Crippen LogP contribution is -2.44. The van der Waals surface area contributed by atoms with Gasteiger partial charge in [-0.2, -0.15) is 0 Å². The van der Waals surface area contributed by atoms with Crippen molar-refractivity contribution in [2.45, 2.75) is 44.4 Å². The minimum absolute atomic E-state index is 0.0429. The maximum Gasteiger partial charge on any atom is 0.252 e. The molecular weight excluding hydrogens is 420 g/mol. The highest BCUT2D eigenvalue weighted by Crippen LogP contribution is 2.45. The van der Waals surface area contributed by atoms with Crippen LogP contribution in [-0.4, -0.2) is 30.2 Å². The van der Waals surface area contributed by atoms with Gasteiger partial charge in [-0.15, -0.1) is 12.6 Å². The standard InChI is InChI=1S/C22H26N2O4S2/c1-21(11-12-21)20(25)23-14-16-13-15-7-4-5-8-17(15)24(16)30(26,27)22(2)10-6-9-18(29)19(22)28-3/h4-9,13,29H,10-12,14H2,1-3H3,(H,23,25). The topological polar surface area (TPSA) is 77.4 Å². The van der Waals surface area contributed by atoms with Crippen LogP contribution < -0.4 is 5.32 Å². The molecule has 1 aromatic heterocycles.